The highest BCUT2D eigenvalue weighted by atomic mass is 32.1. The molecule has 36 heavy (non-hydrogen) atoms. The fraction of sp³-hybridized carbons (Fsp3) is 0.267. The minimum absolute atomic E-state index is 0.173. The van der Waals surface area contributed by atoms with Crippen LogP contribution in [0.25, 0.3) is 11.3 Å². The molecule has 0 bridgehead atoms. The standard InChI is InChI=1S/C30H32N2O3S/c1-5-30(2,3)25-14-16-26(17-15-25)35-19-22-8-10-23(11-9-22)27-20-36-29(31-27)32(4)18-21-6-12-24(13-7-21)28(33)34/h6-17,20H,5,18-19H2,1-4H3,(H,33,34). The van der Waals surface area contributed by atoms with Crippen molar-refractivity contribution < 1.29 is 14.6 Å². The molecule has 0 aliphatic carbocycles. The molecule has 6 heteroatoms. The van der Waals surface area contributed by atoms with Crippen LogP contribution in [0.5, 0.6) is 5.75 Å². The first-order valence-electron chi connectivity index (χ1n) is 12.1. The number of thiazole rings is 1. The highest BCUT2D eigenvalue weighted by Gasteiger charge is 2.17. The largest absolute Gasteiger partial charge is 0.489 e. The number of ether oxygens (including phenoxy) is 1. The summed E-state index contributed by atoms with van der Waals surface area (Å²) in [6, 6.07) is 23.7. The lowest BCUT2D eigenvalue weighted by molar-refractivity contribution is 0.0697. The molecule has 0 aliphatic rings. The molecule has 5 nitrogen and oxygen atoms in total. The predicted molar refractivity (Wildman–Crippen MR) is 147 cm³/mol. The Morgan fingerprint density at radius 3 is 2.22 bits per heavy atom. The van der Waals surface area contributed by atoms with E-state index < -0.39 is 5.97 Å². The van der Waals surface area contributed by atoms with E-state index in [2.05, 4.69) is 79.6 Å². The molecular weight excluding hydrogens is 468 g/mol. The van der Waals surface area contributed by atoms with Crippen molar-refractivity contribution in [3.8, 4) is 17.0 Å². The van der Waals surface area contributed by atoms with E-state index in [1.165, 1.54) is 5.56 Å². The molecule has 186 valence electrons. The molecule has 4 rings (SSSR count). The van der Waals surface area contributed by atoms with Crippen LogP contribution >= 0.6 is 11.3 Å². The van der Waals surface area contributed by atoms with Gasteiger partial charge in [-0.25, -0.2) is 9.78 Å². The molecule has 1 N–H and O–H groups in total. The molecule has 0 saturated carbocycles. The van der Waals surface area contributed by atoms with Gasteiger partial charge in [-0.1, -0.05) is 69.3 Å². The fourth-order valence-corrected chi connectivity index (χ4v) is 4.61. The van der Waals surface area contributed by atoms with E-state index in [1.807, 2.05) is 19.2 Å². The van der Waals surface area contributed by atoms with E-state index in [-0.39, 0.29) is 5.41 Å². The normalized spacial score (nSPS) is 11.3. The van der Waals surface area contributed by atoms with Crippen molar-refractivity contribution in [3.05, 3.63) is 100 Å². The molecule has 1 heterocycles. The molecule has 0 saturated heterocycles. The lowest BCUT2D eigenvalue weighted by atomic mass is 9.82. The van der Waals surface area contributed by atoms with Gasteiger partial charge in [0.1, 0.15) is 12.4 Å². The van der Waals surface area contributed by atoms with Crippen molar-refractivity contribution in [2.24, 2.45) is 0 Å². The van der Waals surface area contributed by atoms with Crippen LogP contribution in [-0.2, 0) is 18.6 Å². The van der Waals surface area contributed by atoms with Crippen molar-refractivity contribution in [2.45, 2.75) is 45.8 Å². The zero-order chi connectivity index (χ0) is 25.7. The minimum atomic E-state index is -0.915. The third-order valence-corrected chi connectivity index (χ3v) is 7.57. The topological polar surface area (TPSA) is 62.7 Å². The zero-order valence-corrected chi connectivity index (χ0v) is 22.0. The smallest absolute Gasteiger partial charge is 0.335 e. The Hall–Kier alpha value is -3.64. The maximum atomic E-state index is 11.0. The molecule has 0 fully saturated rings. The van der Waals surface area contributed by atoms with E-state index in [9.17, 15) is 4.79 Å². The van der Waals surface area contributed by atoms with E-state index in [4.69, 9.17) is 14.8 Å². The Morgan fingerprint density at radius 1 is 0.972 bits per heavy atom. The van der Waals surface area contributed by atoms with E-state index in [1.54, 1.807) is 23.5 Å². The number of hydrogen-bond donors (Lipinski definition) is 1. The first-order chi connectivity index (χ1) is 17.2. The van der Waals surface area contributed by atoms with Gasteiger partial charge in [0.05, 0.1) is 11.3 Å². The quantitative estimate of drug-likeness (QED) is 0.246. The van der Waals surface area contributed by atoms with Gasteiger partial charge < -0.3 is 14.7 Å². The second-order valence-electron chi connectivity index (χ2n) is 9.62. The summed E-state index contributed by atoms with van der Waals surface area (Å²) in [5.41, 5.74) is 5.93. The molecule has 0 aliphatic heterocycles. The molecule has 0 amide bonds. The molecule has 0 unspecified atom stereocenters. The summed E-state index contributed by atoms with van der Waals surface area (Å²) in [5.74, 6) is -0.0400. The molecule has 0 spiro atoms. The summed E-state index contributed by atoms with van der Waals surface area (Å²) < 4.78 is 6.00. The van der Waals surface area contributed by atoms with Gasteiger partial charge in [0.15, 0.2) is 5.13 Å². The maximum Gasteiger partial charge on any atom is 0.335 e. The van der Waals surface area contributed by atoms with Gasteiger partial charge in [-0.3, -0.25) is 0 Å². The highest BCUT2D eigenvalue weighted by Crippen LogP contribution is 2.29. The summed E-state index contributed by atoms with van der Waals surface area (Å²) in [7, 11) is 1.99. The van der Waals surface area contributed by atoms with Gasteiger partial charge >= 0.3 is 5.97 Å². The van der Waals surface area contributed by atoms with Crippen molar-refractivity contribution in [1.29, 1.82) is 0 Å². The molecular formula is C30H32N2O3S. The first kappa shape index (κ1) is 25.5. The summed E-state index contributed by atoms with van der Waals surface area (Å²) in [6.45, 7) is 7.90. The number of nitrogens with zero attached hydrogens (tertiary/aromatic N) is 2. The molecule has 4 aromatic rings. The Bertz CT molecular complexity index is 1290. The van der Waals surface area contributed by atoms with Gasteiger partial charge in [0.25, 0.3) is 0 Å². The van der Waals surface area contributed by atoms with Crippen LogP contribution < -0.4 is 9.64 Å². The Balaban J connectivity index is 1.34. The van der Waals surface area contributed by atoms with Crippen molar-refractivity contribution in [1.82, 2.24) is 4.98 Å². The fourth-order valence-electron chi connectivity index (χ4n) is 3.81. The van der Waals surface area contributed by atoms with Crippen LogP contribution in [-0.4, -0.2) is 23.1 Å². The number of anilines is 1. The van der Waals surface area contributed by atoms with Crippen LogP contribution in [0.4, 0.5) is 5.13 Å². The summed E-state index contributed by atoms with van der Waals surface area (Å²) in [6.07, 6.45) is 1.10. The monoisotopic (exact) mass is 500 g/mol. The maximum absolute atomic E-state index is 11.0. The first-order valence-corrected chi connectivity index (χ1v) is 12.9. The number of rotatable bonds is 10. The third-order valence-electron chi connectivity index (χ3n) is 6.61. The third kappa shape index (κ3) is 6.13. The zero-order valence-electron chi connectivity index (χ0n) is 21.2. The number of carboxylic acids is 1. The average Bonchev–Trinajstić information content (AvgIpc) is 3.39. The average molecular weight is 501 g/mol. The number of carboxylic acid groups (broad SMARTS) is 1. The van der Waals surface area contributed by atoms with Crippen LogP contribution in [0.3, 0.4) is 0 Å². The van der Waals surface area contributed by atoms with Gasteiger partial charge in [0, 0.05) is 24.5 Å². The van der Waals surface area contributed by atoms with Crippen molar-refractivity contribution >= 4 is 22.4 Å². The molecule has 3 aromatic carbocycles. The predicted octanol–water partition coefficient (Wildman–Crippen LogP) is 7.41. The van der Waals surface area contributed by atoms with Gasteiger partial charge in [0.2, 0.25) is 0 Å². The highest BCUT2D eigenvalue weighted by molar-refractivity contribution is 7.14. The summed E-state index contributed by atoms with van der Waals surface area (Å²) in [5, 5.41) is 12.0. The van der Waals surface area contributed by atoms with Crippen LogP contribution in [0, 0.1) is 0 Å². The van der Waals surface area contributed by atoms with Crippen LogP contribution in [0.2, 0.25) is 0 Å². The summed E-state index contributed by atoms with van der Waals surface area (Å²) >= 11 is 1.59. The van der Waals surface area contributed by atoms with Crippen molar-refractivity contribution in [3.63, 3.8) is 0 Å². The molecule has 0 atom stereocenters. The van der Waals surface area contributed by atoms with Gasteiger partial charge in [-0.15, -0.1) is 11.3 Å². The van der Waals surface area contributed by atoms with Crippen LogP contribution in [0.1, 0.15) is 54.2 Å². The Kier molecular flexibility index (Phi) is 7.75. The Morgan fingerprint density at radius 2 is 1.61 bits per heavy atom. The van der Waals surface area contributed by atoms with E-state index in [0.717, 1.165) is 39.7 Å². The van der Waals surface area contributed by atoms with Crippen molar-refractivity contribution in [2.75, 3.05) is 11.9 Å². The second kappa shape index (κ2) is 11.0. The second-order valence-corrected chi connectivity index (χ2v) is 10.5. The lowest BCUT2D eigenvalue weighted by Gasteiger charge is -2.23. The molecule has 0 radical (unpaired) electrons. The number of aromatic carboxylic acids is 1. The number of hydrogen-bond acceptors (Lipinski definition) is 5. The molecule has 1 aromatic heterocycles. The number of benzene rings is 3. The van der Waals surface area contributed by atoms with E-state index >= 15 is 0 Å². The minimum Gasteiger partial charge on any atom is -0.489 e. The van der Waals surface area contributed by atoms with Gasteiger partial charge in [-0.05, 0) is 52.8 Å². The van der Waals surface area contributed by atoms with Crippen LogP contribution in [0.15, 0.2) is 78.2 Å². The number of aromatic nitrogens is 1. The Labute approximate surface area is 217 Å². The number of carbonyl (C=O) groups is 1. The van der Waals surface area contributed by atoms with E-state index in [0.29, 0.717) is 18.7 Å². The van der Waals surface area contributed by atoms with Gasteiger partial charge in [-0.2, -0.15) is 0 Å². The SMILES string of the molecule is CCC(C)(C)c1ccc(OCc2ccc(-c3csc(N(C)Cc4ccc(C(=O)O)cc4)n3)cc2)cc1. The summed E-state index contributed by atoms with van der Waals surface area (Å²) in [4.78, 5) is 17.9. The lowest BCUT2D eigenvalue weighted by Crippen LogP contribution is -2.16.